The van der Waals surface area contributed by atoms with E-state index in [-0.39, 0.29) is 0 Å². The Hall–Kier alpha value is -5.82. The molecule has 0 aliphatic carbocycles. The fourth-order valence-corrected chi connectivity index (χ4v) is 7.98. The molecule has 2 unspecified atom stereocenters. The van der Waals surface area contributed by atoms with Gasteiger partial charge in [0.05, 0.1) is 0 Å². The average molecular weight is 927 g/mol. The molecule has 2 atom stereocenters. The number of nitrogens with zero attached hydrogens (tertiary/aromatic N) is 4. The quantitative estimate of drug-likeness (QED) is 0.0396. The van der Waals surface area contributed by atoms with Gasteiger partial charge in [0, 0.05) is 35.9 Å². The zero-order valence-electron chi connectivity index (χ0n) is 38.3. The molecular formula is C54H60F6N4O3. The summed E-state index contributed by atoms with van der Waals surface area (Å²) in [5.41, 5.74) is 5.92. The Morgan fingerprint density at radius 1 is 0.388 bits per heavy atom. The highest BCUT2D eigenvalue weighted by Crippen LogP contribution is 2.39. The van der Waals surface area contributed by atoms with Gasteiger partial charge in [-0.1, -0.05) is 164 Å². The first-order chi connectivity index (χ1) is 32.4. The molecule has 0 aliphatic rings. The van der Waals surface area contributed by atoms with Gasteiger partial charge in [0.15, 0.2) is 11.6 Å². The summed E-state index contributed by atoms with van der Waals surface area (Å²) in [5.74, 6) is 0.260. The van der Waals surface area contributed by atoms with Crippen LogP contribution in [0.25, 0.3) is 22.8 Å². The topological polar surface area (TPSA) is 79.2 Å². The van der Waals surface area contributed by atoms with Crippen molar-refractivity contribution >= 4 is 0 Å². The summed E-state index contributed by atoms with van der Waals surface area (Å²) in [4.78, 5) is 18.6. The van der Waals surface area contributed by atoms with E-state index in [4.69, 9.17) is 4.74 Å². The summed E-state index contributed by atoms with van der Waals surface area (Å²) < 4.78 is 94.3. The number of ether oxygens (including phenoxy) is 3. The van der Waals surface area contributed by atoms with E-state index in [1.165, 1.54) is 126 Å². The molecule has 67 heavy (non-hydrogen) atoms. The summed E-state index contributed by atoms with van der Waals surface area (Å²) >= 11 is 0. The Balaban J connectivity index is 1.25. The molecule has 4 aromatic carbocycles. The highest BCUT2D eigenvalue weighted by Gasteiger charge is 2.32. The number of rotatable bonds is 26. The molecule has 0 radical (unpaired) electrons. The molecule has 0 saturated carbocycles. The fourth-order valence-electron chi connectivity index (χ4n) is 7.98. The van der Waals surface area contributed by atoms with Crippen LogP contribution in [0.15, 0.2) is 122 Å². The average Bonchev–Trinajstić information content (AvgIpc) is 3.32. The second-order valence-corrected chi connectivity index (χ2v) is 16.9. The molecule has 0 fully saturated rings. The first kappa shape index (κ1) is 50.6. The van der Waals surface area contributed by atoms with Gasteiger partial charge < -0.3 is 14.2 Å². The van der Waals surface area contributed by atoms with Crippen LogP contribution in [-0.2, 0) is 17.6 Å². The van der Waals surface area contributed by atoms with Crippen molar-refractivity contribution in [2.24, 2.45) is 0 Å². The van der Waals surface area contributed by atoms with Gasteiger partial charge in [-0.05, 0) is 83.3 Å². The van der Waals surface area contributed by atoms with Crippen LogP contribution in [0.2, 0.25) is 0 Å². The van der Waals surface area contributed by atoms with Crippen molar-refractivity contribution < 1.29 is 40.6 Å². The van der Waals surface area contributed by atoms with Gasteiger partial charge in [-0.25, -0.2) is 19.9 Å². The largest absolute Gasteiger partial charge is 0.573 e. The van der Waals surface area contributed by atoms with Crippen molar-refractivity contribution in [3.05, 3.63) is 155 Å². The Labute approximate surface area is 390 Å². The Morgan fingerprint density at radius 2 is 0.672 bits per heavy atom. The van der Waals surface area contributed by atoms with Crippen molar-refractivity contribution in [3.63, 3.8) is 0 Å². The first-order valence-corrected chi connectivity index (χ1v) is 23.6. The van der Waals surface area contributed by atoms with Crippen molar-refractivity contribution in [3.8, 4) is 34.3 Å². The normalized spacial score (nSPS) is 12.8. The van der Waals surface area contributed by atoms with E-state index in [2.05, 4.69) is 43.3 Å². The maximum Gasteiger partial charge on any atom is 0.573 e. The molecule has 0 spiro atoms. The molecule has 0 N–H and O–H groups in total. The molecule has 0 saturated heterocycles. The number of alkyl halides is 6. The zero-order chi connectivity index (χ0) is 47.5. The van der Waals surface area contributed by atoms with Gasteiger partial charge >= 0.3 is 12.7 Å². The zero-order valence-corrected chi connectivity index (χ0v) is 38.3. The molecule has 2 aromatic heterocycles. The van der Waals surface area contributed by atoms with Crippen LogP contribution >= 0.6 is 0 Å². The van der Waals surface area contributed by atoms with Crippen molar-refractivity contribution in [2.75, 3.05) is 0 Å². The lowest BCUT2D eigenvalue weighted by atomic mass is 9.96. The third-order valence-corrected chi connectivity index (χ3v) is 11.6. The highest BCUT2D eigenvalue weighted by molar-refractivity contribution is 5.57. The number of hydrogen-bond acceptors (Lipinski definition) is 7. The molecule has 13 heteroatoms. The van der Waals surface area contributed by atoms with Crippen LogP contribution in [0.1, 0.15) is 149 Å². The monoisotopic (exact) mass is 926 g/mol. The molecule has 6 aromatic rings. The smallest absolute Gasteiger partial charge is 0.406 e. The van der Waals surface area contributed by atoms with E-state index in [9.17, 15) is 26.3 Å². The van der Waals surface area contributed by atoms with Gasteiger partial charge in [-0.2, -0.15) is 0 Å². The number of benzene rings is 4. The number of aryl methyl sites for hydroxylation is 2. The summed E-state index contributed by atoms with van der Waals surface area (Å²) in [6, 6.07) is 25.6. The van der Waals surface area contributed by atoms with E-state index in [1.54, 1.807) is 0 Å². The maximum absolute atomic E-state index is 13.2. The summed E-state index contributed by atoms with van der Waals surface area (Å²) in [7, 11) is 0. The standard InChI is InChI=1S/C54H60F6N4O3/c1-3-5-7-9-11-13-15-17-39-35-61-51(62-36-39)45-23-19-41(20-24-45)49(43-27-31-47(32-28-43)66-53(55,56)57)65-50(44-29-33-48(34-30-44)67-54(58,59)60)42-21-25-46(26-22-42)52-63-37-40(38-64-52)18-16-14-12-10-8-6-4-2/h19-38,49-50H,3-18H2,1-2H3. The lowest BCUT2D eigenvalue weighted by Crippen LogP contribution is -2.17. The first-order valence-electron chi connectivity index (χ1n) is 23.6. The van der Waals surface area contributed by atoms with Gasteiger partial charge in [-0.15, -0.1) is 26.3 Å². The lowest BCUT2D eigenvalue weighted by Gasteiger charge is -2.27. The molecule has 0 aliphatic heterocycles. The third-order valence-electron chi connectivity index (χ3n) is 11.6. The second-order valence-electron chi connectivity index (χ2n) is 16.9. The van der Waals surface area contributed by atoms with Gasteiger partial charge in [0.25, 0.3) is 0 Å². The molecule has 0 bridgehead atoms. The Bertz CT molecular complexity index is 2160. The minimum absolute atomic E-state index is 0.404. The van der Waals surface area contributed by atoms with Crippen molar-refractivity contribution in [1.29, 1.82) is 0 Å². The van der Waals surface area contributed by atoms with Gasteiger partial charge in [0.2, 0.25) is 0 Å². The van der Waals surface area contributed by atoms with Crippen LogP contribution in [0, 0.1) is 0 Å². The summed E-state index contributed by atoms with van der Waals surface area (Å²) in [5, 5.41) is 0. The van der Waals surface area contributed by atoms with Crippen LogP contribution in [0.4, 0.5) is 26.3 Å². The maximum atomic E-state index is 13.2. The van der Waals surface area contributed by atoms with E-state index in [0.29, 0.717) is 33.9 Å². The predicted octanol–water partition coefficient (Wildman–Crippen LogP) is 15.9. The third kappa shape index (κ3) is 16.8. The molecule has 6 rings (SSSR count). The van der Waals surface area contributed by atoms with E-state index >= 15 is 0 Å². The van der Waals surface area contributed by atoms with E-state index in [0.717, 1.165) is 47.9 Å². The molecule has 2 heterocycles. The lowest BCUT2D eigenvalue weighted by molar-refractivity contribution is -0.275. The summed E-state index contributed by atoms with van der Waals surface area (Å²) in [6.45, 7) is 4.43. The Morgan fingerprint density at radius 3 is 0.970 bits per heavy atom. The highest BCUT2D eigenvalue weighted by atomic mass is 19.4. The van der Waals surface area contributed by atoms with Crippen LogP contribution in [0.3, 0.4) is 0 Å². The number of hydrogen-bond donors (Lipinski definition) is 0. The molecule has 0 amide bonds. The fraction of sp³-hybridized carbons (Fsp3) is 0.407. The van der Waals surface area contributed by atoms with Crippen LogP contribution in [-0.4, -0.2) is 32.7 Å². The van der Waals surface area contributed by atoms with Gasteiger partial charge in [0.1, 0.15) is 23.7 Å². The Kier molecular flexibility index (Phi) is 19.1. The SMILES string of the molecule is CCCCCCCCCc1cnc(-c2ccc(C(OC(c3ccc(OC(F)(F)F)cc3)c3ccc(-c4ncc(CCCCCCCCC)cn4)cc3)c3ccc(OC(F)(F)F)cc3)cc2)nc1. The molecule has 7 nitrogen and oxygen atoms in total. The second kappa shape index (κ2) is 25.4. The number of aromatic nitrogens is 4. The van der Waals surface area contributed by atoms with Crippen molar-refractivity contribution in [1.82, 2.24) is 19.9 Å². The van der Waals surface area contributed by atoms with Crippen LogP contribution < -0.4 is 9.47 Å². The molecule has 356 valence electrons. The van der Waals surface area contributed by atoms with Crippen molar-refractivity contribution in [2.45, 2.75) is 142 Å². The number of halogens is 6. The van der Waals surface area contributed by atoms with E-state index in [1.807, 2.05) is 73.3 Å². The van der Waals surface area contributed by atoms with Crippen LogP contribution in [0.5, 0.6) is 11.5 Å². The predicted molar refractivity (Wildman–Crippen MR) is 249 cm³/mol. The van der Waals surface area contributed by atoms with E-state index < -0.39 is 36.4 Å². The molecular weight excluding hydrogens is 867 g/mol. The minimum Gasteiger partial charge on any atom is -0.406 e. The number of unbranched alkanes of at least 4 members (excludes halogenated alkanes) is 12. The minimum atomic E-state index is -4.89. The summed E-state index contributed by atoms with van der Waals surface area (Å²) in [6.07, 6.45) is 14.7. The van der Waals surface area contributed by atoms with Gasteiger partial charge in [-0.3, -0.25) is 0 Å².